The van der Waals surface area contributed by atoms with Gasteiger partial charge in [0.2, 0.25) is 0 Å². The van der Waals surface area contributed by atoms with Gasteiger partial charge in [-0.05, 0) is 50.8 Å². The molecule has 0 fully saturated rings. The standard InChI is InChI=1S/C14H20BrN3S/c1-4-10(2)17(3)7-8-18-13-6-5-11(15)9-12(13)16-14(18)19/h5-6,9-10H,4,7-8H2,1-3H3,(H,16,19). The average molecular weight is 342 g/mol. The summed E-state index contributed by atoms with van der Waals surface area (Å²) in [5.41, 5.74) is 2.26. The van der Waals surface area contributed by atoms with Crippen molar-refractivity contribution in [2.75, 3.05) is 13.6 Å². The summed E-state index contributed by atoms with van der Waals surface area (Å²) >= 11 is 8.90. The van der Waals surface area contributed by atoms with E-state index in [2.05, 4.69) is 69.5 Å². The van der Waals surface area contributed by atoms with Gasteiger partial charge >= 0.3 is 0 Å². The van der Waals surface area contributed by atoms with Gasteiger partial charge in [-0.2, -0.15) is 0 Å². The first-order chi connectivity index (χ1) is 9.02. The number of aromatic nitrogens is 2. The molecular formula is C14H20BrN3S. The van der Waals surface area contributed by atoms with Crippen molar-refractivity contribution in [3.05, 3.63) is 27.4 Å². The monoisotopic (exact) mass is 341 g/mol. The molecule has 1 aromatic heterocycles. The molecule has 1 atom stereocenters. The van der Waals surface area contributed by atoms with E-state index < -0.39 is 0 Å². The third-order valence-corrected chi connectivity index (χ3v) is 4.57. The third-order valence-electron chi connectivity index (χ3n) is 3.76. The lowest BCUT2D eigenvalue weighted by atomic mass is 10.2. The van der Waals surface area contributed by atoms with Gasteiger partial charge < -0.3 is 14.5 Å². The molecule has 0 radical (unpaired) electrons. The van der Waals surface area contributed by atoms with E-state index in [0.717, 1.165) is 27.8 Å². The summed E-state index contributed by atoms with van der Waals surface area (Å²) in [6, 6.07) is 6.84. The van der Waals surface area contributed by atoms with Crippen LogP contribution >= 0.6 is 28.1 Å². The molecule has 0 amide bonds. The van der Waals surface area contributed by atoms with Gasteiger partial charge in [-0.15, -0.1) is 0 Å². The highest BCUT2D eigenvalue weighted by molar-refractivity contribution is 9.10. The summed E-state index contributed by atoms with van der Waals surface area (Å²) in [5, 5.41) is 0. The minimum absolute atomic E-state index is 0.605. The fraction of sp³-hybridized carbons (Fsp3) is 0.500. The van der Waals surface area contributed by atoms with Crippen LogP contribution in [0.15, 0.2) is 22.7 Å². The van der Waals surface area contributed by atoms with Crippen LogP contribution < -0.4 is 0 Å². The molecule has 1 N–H and O–H groups in total. The van der Waals surface area contributed by atoms with Crippen molar-refractivity contribution in [3.63, 3.8) is 0 Å². The second-order valence-electron chi connectivity index (χ2n) is 4.98. The summed E-state index contributed by atoms with van der Waals surface area (Å²) in [5.74, 6) is 0. The van der Waals surface area contributed by atoms with Crippen molar-refractivity contribution < 1.29 is 0 Å². The van der Waals surface area contributed by atoms with Crippen LogP contribution in [0.3, 0.4) is 0 Å². The zero-order valence-corrected chi connectivity index (χ0v) is 14.0. The second kappa shape index (κ2) is 6.20. The zero-order valence-electron chi connectivity index (χ0n) is 11.6. The molecule has 3 nitrogen and oxygen atoms in total. The van der Waals surface area contributed by atoms with E-state index in [1.165, 1.54) is 11.9 Å². The van der Waals surface area contributed by atoms with Crippen molar-refractivity contribution in [2.45, 2.75) is 32.9 Å². The third kappa shape index (κ3) is 3.27. The Morgan fingerprint density at radius 2 is 2.21 bits per heavy atom. The summed E-state index contributed by atoms with van der Waals surface area (Å²) in [6.45, 7) is 6.40. The predicted molar refractivity (Wildman–Crippen MR) is 87.2 cm³/mol. The van der Waals surface area contributed by atoms with Crippen LogP contribution in [-0.2, 0) is 6.54 Å². The van der Waals surface area contributed by atoms with Crippen LogP contribution in [0.1, 0.15) is 20.3 Å². The maximum atomic E-state index is 5.42. The van der Waals surface area contributed by atoms with Crippen molar-refractivity contribution in [2.24, 2.45) is 0 Å². The molecule has 104 valence electrons. The van der Waals surface area contributed by atoms with E-state index in [9.17, 15) is 0 Å². The number of H-pyrrole nitrogens is 1. The van der Waals surface area contributed by atoms with Crippen LogP contribution in [0.5, 0.6) is 0 Å². The molecule has 0 spiro atoms. The minimum atomic E-state index is 0.605. The smallest absolute Gasteiger partial charge is 0.178 e. The second-order valence-corrected chi connectivity index (χ2v) is 6.28. The normalized spacial score (nSPS) is 13.3. The number of nitrogens with zero attached hydrogens (tertiary/aromatic N) is 2. The first-order valence-electron chi connectivity index (χ1n) is 6.61. The van der Waals surface area contributed by atoms with Crippen LogP contribution in [0, 0.1) is 4.77 Å². The van der Waals surface area contributed by atoms with E-state index in [-0.39, 0.29) is 0 Å². The SMILES string of the molecule is CCC(C)N(C)CCn1c(=S)[nH]c2cc(Br)ccc21. The maximum absolute atomic E-state index is 5.42. The number of aromatic amines is 1. The summed E-state index contributed by atoms with van der Waals surface area (Å²) in [7, 11) is 2.17. The highest BCUT2D eigenvalue weighted by Crippen LogP contribution is 2.19. The molecule has 0 aliphatic rings. The first-order valence-corrected chi connectivity index (χ1v) is 7.81. The van der Waals surface area contributed by atoms with Gasteiger partial charge in [0.05, 0.1) is 11.0 Å². The minimum Gasteiger partial charge on any atom is -0.331 e. The van der Waals surface area contributed by atoms with Crippen molar-refractivity contribution in [3.8, 4) is 0 Å². The Morgan fingerprint density at radius 1 is 1.47 bits per heavy atom. The Kier molecular flexibility index (Phi) is 4.81. The van der Waals surface area contributed by atoms with Gasteiger partial charge in [0.25, 0.3) is 0 Å². The number of imidazole rings is 1. The Balaban J connectivity index is 2.21. The number of benzene rings is 1. The predicted octanol–water partition coefficient (Wildman–Crippen LogP) is 4.19. The number of halogens is 1. The quantitative estimate of drug-likeness (QED) is 0.824. The van der Waals surface area contributed by atoms with Gasteiger partial charge in [-0.3, -0.25) is 0 Å². The Bertz CT molecular complexity index is 617. The van der Waals surface area contributed by atoms with E-state index in [0.29, 0.717) is 6.04 Å². The number of likely N-dealkylation sites (N-methyl/N-ethyl adjacent to an activating group) is 1. The topological polar surface area (TPSA) is 24.0 Å². The Labute approximate surface area is 127 Å². The zero-order chi connectivity index (χ0) is 14.0. The fourth-order valence-electron chi connectivity index (χ4n) is 2.15. The molecule has 0 saturated heterocycles. The molecule has 2 rings (SSSR count). The van der Waals surface area contributed by atoms with Gasteiger partial charge in [0.1, 0.15) is 0 Å². The van der Waals surface area contributed by atoms with Crippen LogP contribution in [-0.4, -0.2) is 34.1 Å². The van der Waals surface area contributed by atoms with Crippen molar-refractivity contribution >= 4 is 39.2 Å². The molecule has 0 saturated carbocycles. The molecule has 5 heteroatoms. The molecule has 0 aliphatic carbocycles. The molecule has 2 aromatic rings. The largest absolute Gasteiger partial charge is 0.331 e. The summed E-state index contributed by atoms with van der Waals surface area (Å²) in [6.07, 6.45) is 1.17. The van der Waals surface area contributed by atoms with Crippen molar-refractivity contribution in [1.29, 1.82) is 0 Å². The van der Waals surface area contributed by atoms with E-state index >= 15 is 0 Å². The molecule has 1 heterocycles. The molecular weight excluding hydrogens is 322 g/mol. The lowest BCUT2D eigenvalue weighted by molar-refractivity contribution is 0.243. The Morgan fingerprint density at radius 3 is 2.89 bits per heavy atom. The highest BCUT2D eigenvalue weighted by atomic mass is 79.9. The van der Waals surface area contributed by atoms with Gasteiger partial charge in [-0.25, -0.2) is 0 Å². The molecule has 1 aromatic carbocycles. The highest BCUT2D eigenvalue weighted by Gasteiger charge is 2.09. The van der Waals surface area contributed by atoms with E-state index in [4.69, 9.17) is 12.2 Å². The number of rotatable bonds is 5. The lowest BCUT2D eigenvalue weighted by Crippen LogP contribution is -2.31. The number of hydrogen-bond acceptors (Lipinski definition) is 2. The number of hydrogen-bond donors (Lipinski definition) is 1. The van der Waals surface area contributed by atoms with Crippen LogP contribution in [0.4, 0.5) is 0 Å². The Hall–Kier alpha value is -0.650. The van der Waals surface area contributed by atoms with E-state index in [1.54, 1.807) is 0 Å². The average Bonchev–Trinajstić information content (AvgIpc) is 2.69. The first kappa shape index (κ1) is 14.8. The fourth-order valence-corrected chi connectivity index (χ4v) is 2.81. The van der Waals surface area contributed by atoms with Crippen LogP contribution in [0.2, 0.25) is 0 Å². The molecule has 0 aliphatic heterocycles. The summed E-state index contributed by atoms with van der Waals surface area (Å²) in [4.78, 5) is 5.64. The number of fused-ring (bicyclic) bond motifs is 1. The van der Waals surface area contributed by atoms with Crippen molar-refractivity contribution in [1.82, 2.24) is 14.5 Å². The van der Waals surface area contributed by atoms with Crippen LogP contribution in [0.25, 0.3) is 11.0 Å². The van der Waals surface area contributed by atoms with Gasteiger partial charge in [-0.1, -0.05) is 22.9 Å². The molecule has 0 bridgehead atoms. The maximum Gasteiger partial charge on any atom is 0.178 e. The van der Waals surface area contributed by atoms with Gasteiger partial charge in [0, 0.05) is 23.6 Å². The van der Waals surface area contributed by atoms with Gasteiger partial charge in [0.15, 0.2) is 4.77 Å². The molecule has 1 unspecified atom stereocenters. The number of nitrogens with one attached hydrogen (secondary N) is 1. The molecule has 19 heavy (non-hydrogen) atoms. The summed E-state index contributed by atoms with van der Waals surface area (Å²) < 4.78 is 4.04. The van der Waals surface area contributed by atoms with E-state index in [1.807, 2.05) is 0 Å². The lowest BCUT2D eigenvalue weighted by Gasteiger charge is -2.23.